The van der Waals surface area contributed by atoms with Gasteiger partial charge in [0.15, 0.2) is 0 Å². The summed E-state index contributed by atoms with van der Waals surface area (Å²) in [4.78, 5) is 0. The molecule has 0 unspecified atom stereocenters. The van der Waals surface area contributed by atoms with E-state index >= 15 is 0 Å². The second-order valence-electron chi connectivity index (χ2n) is 0. The zero-order chi connectivity index (χ0) is 6.00. The van der Waals surface area contributed by atoms with Crippen molar-refractivity contribution in [3.8, 4) is 0 Å². The minimum absolute atomic E-state index is 0.0556. The van der Waals surface area contributed by atoms with Gasteiger partial charge in [-0.3, -0.25) is 0 Å². The van der Waals surface area contributed by atoms with Gasteiger partial charge < -0.3 is 0 Å². The van der Waals surface area contributed by atoms with Crippen molar-refractivity contribution >= 4 is 0 Å². The van der Waals surface area contributed by atoms with Crippen LogP contribution in [-0.2, 0) is 40.5 Å². The molecule has 0 rings (SSSR count). The Labute approximate surface area is 78.8 Å². The molecular formula is CeFeMnO3. The van der Waals surface area contributed by atoms with E-state index in [1.165, 1.54) is 0 Å². The molecular weight excluding hydrogens is 299 g/mol. The van der Waals surface area contributed by atoms with E-state index in [9.17, 15) is 0 Å². The summed E-state index contributed by atoms with van der Waals surface area (Å²) >= 11 is 3.74. The Hall–Kier alpha value is 1.82. The van der Waals surface area contributed by atoms with Crippen LogP contribution >= 0.6 is 0 Å². The van der Waals surface area contributed by atoms with Crippen molar-refractivity contribution in [2.75, 3.05) is 0 Å². The molecule has 6 heteroatoms. The molecule has 3 nitrogen and oxygen atoms in total. The zero-order valence-electron chi connectivity index (χ0n) is 2.46. The van der Waals surface area contributed by atoms with Crippen LogP contribution in [0.5, 0.6) is 0 Å². The average molecular weight is 299 g/mol. The molecule has 37 valence electrons. The molecule has 0 aromatic rings. The van der Waals surface area contributed by atoms with Gasteiger partial charge in [0.25, 0.3) is 0 Å². The molecule has 0 bridgehead atoms. The van der Waals surface area contributed by atoms with Gasteiger partial charge >= 0.3 is 80.3 Å². The van der Waals surface area contributed by atoms with Gasteiger partial charge in [-0.15, -0.1) is 0 Å². The second-order valence-corrected chi connectivity index (χ2v) is 0. The molecule has 6 heavy (non-hydrogen) atoms. The molecule has 0 spiro atoms. The summed E-state index contributed by atoms with van der Waals surface area (Å²) in [5.74, 6) is 0. The van der Waals surface area contributed by atoms with E-state index in [2.05, 4.69) is 0 Å². The first-order valence-electron chi connectivity index (χ1n) is 0.503. The van der Waals surface area contributed by atoms with E-state index in [0.717, 1.165) is 0 Å². The topological polar surface area (TPSA) is 51.2 Å². The summed E-state index contributed by atoms with van der Waals surface area (Å²) in [6, 6.07) is 0. The fourth-order valence-corrected chi connectivity index (χ4v) is 0. The van der Waals surface area contributed by atoms with Crippen molar-refractivity contribution < 1.29 is 80.3 Å². The Balaban J connectivity index is -0.0000000225. The van der Waals surface area contributed by atoms with Crippen LogP contribution in [0.2, 0.25) is 0 Å². The quantitative estimate of drug-likeness (QED) is 0.574. The van der Waals surface area contributed by atoms with Gasteiger partial charge in [-0.1, -0.05) is 0 Å². The first kappa shape index (κ1) is 15.7. The van der Waals surface area contributed by atoms with Gasteiger partial charge in [0.2, 0.25) is 0 Å². The van der Waals surface area contributed by atoms with Crippen LogP contribution in [0.1, 0.15) is 0 Å². The summed E-state index contributed by atoms with van der Waals surface area (Å²) < 4.78 is 24.5. The predicted molar refractivity (Wildman–Crippen MR) is 2.06 cm³/mol. The van der Waals surface area contributed by atoms with E-state index in [-0.39, 0.29) is 39.8 Å². The monoisotopic (exact) mass is 299 g/mol. The molecule has 0 aliphatic rings. The molecule has 0 heterocycles. The van der Waals surface area contributed by atoms with Crippen molar-refractivity contribution in [1.82, 2.24) is 0 Å². The van der Waals surface area contributed by atoms with Crippen LogP contribution in [0.25, 0.3) is 0 Å². The summed E-state index contributed by atoms with van der Waals surface area (Å²) in [5.41, 5.74) is 0. The van der Waals surface area contributed by atoms with E-state index in [1.807, 2.05) is 15.9 Å². The normalized spacial score (nSPS) is 2.00. The molecule has 0 aromatic heterocycles. The van der Waals surface area contributed by atoms with Gasteiger partial charge in [-0.2, -0.15) is 0 Å². The molecule has 0 N–H and O–H groups in total. The van der Waals surface area contributed by atoms with Gasteiger partial charge in [0, 0.05) is 0 Å². The fourth-order valence-electron chi connectivity index (χ4n) is 0. The Morgan fingerprint density at radius 2 is 1.17 bits per heavy atom. The van der Waals surface area contributed by atoms with E-state index < -0.39 is 0 Å². The van der Waals surface area contributed by atoms with E-state index in [1.54, 1.807) is 15.9 Å². The van der Waals surface area contributed by atoms with Gasteiger partial charge in [0.1, 0.15) is 0 Å². The van der Waals surface area contributed by atoms with Crippen molar-refractivity contribution in [3.05, 3.63) is 0 Å². The third-order valence-corrected chi connectivity index (χ3v) is 0. The van der Waals surface area contributed by atoms with Crippen LogP contribution in [0.4, 0.5) is 0 Å². The summed E-state index contributed by atoms with van der Waals surface area (Å²) in [7, 11) is 0. The SMILES string of the molecule is [O]=[Ce].[O]=[Fe].[O]=[Mn]. The van der Waals surface area contributed by atoms with Crippen LogP contribution in [0.15, 0.2) is 0 Å². The standard InChI is InChI=1S/Ce.Fe.Mn.3O. The first-order valence-corrected chi connectivity index (χ1v) is 2.72. The van der Waals surface area contributed by atoms with Gasteiger partial charge in [0.05, 0.1) is 0 Å². The Bertz CT molecular complexity index is 15.5. The molecule has 0 saturated heterocycles. The molecule has 0 aromatic carbocycles. The number of rotatable bonds is 0. The van der Waals surface area contributed by atoms with Crippen LogP contribution in [0.3, 0.4) is 0 Å². The maximum atomic E-state index is 8.39. The van der Waals surface area contributed by atoms with Crippen molar-refractivity contribution in [3.63, 3.8) is 0 Å². The Morgan fingerprint density at radius 3 is 1.17 bits per heavy atom. The van der Waals surface area contributed by atoms with Crippen molar-refractivity contribution in [1.29, 1.82) is 0 Å². The summed E-state index contributed by atoms with van der Waals surface area (Å²) in [5, 5.41) is 0. The van der Waals surface area contributed by atoms with E-state index in [4.69, 9.17) is 8.61 Å². The fraction of sp³-hybridized carbons (Fsp3) is 0. The average Bonchev–Trinajstić information content (AvgIpc) is 1.81. The molecule has 0 aliphatic carbocycles. The second kappa shape index (κ2) is 69.9. The van der Waals surface area contributed by atoms with Crippen molar-refractivity contribution in [2.45, 2.75) is 0 Å². The van der Waals surface area contributed by atoms with Crippen LogP contribution < -0.4 is 0 Å². The molecule has 0 radical (unpaired) electrons. The number of hydrogen-bond acceptors (Lipinski definition) is 3. The molecule has 0 saturated carbocycles. The Kier molecular flexibility index (Phi) is 182. The summed E-state index contributed by atoms with van der Waals surface area (Å²) in [6.45, 7) is 0. The predicted octanol–water partition coefficient (Wildman–Crippen LogP) is -0.361. The summed E-state index contributed by atoms with van der Waals surface area (Å²) in [6.07, 6.45) is 0. The zero-order valence-corrected chi connectivity index (χ0v) is 7.88. The first-order chi connectivity index (χ1) is 3.00. The third-order valence-electron chi connectivity index (χ3n) is 0. The van der Waals surface area contributed by atoms with E-state index in [0.29, 0.717) is 0 Å². The molecule has 0 atom stereocenters. The molecule has 0 amide bonds. The maximum absolute atomic E-state index is 8.39. The third kappa shape index (κ3) is 40.9. The molecule has 0 aliphatic heterocycles. The number of hydrogen-bond donors (Lipinski definition) is 0. The van der Waals surface area contributed by atoms with Crippen LogP contribution in [0, 0.1) is 39.8 Å². The minimum atomic E-state index is 0.0556. The Morgan fingerprint density at radius 1 is 1.17 bits per heavy atom. The van der Waals surface area contributed by atoms with Gasteiger partial charge in [-0.25, -0.2) is 0 Å². The molecule has 0 fully saturated rings. The van der Waals surface area contributed by atoms with Crippen LogP contribution in [-0.4, -0.2) is 0 Å². The van der Waals surface area contributed by atoms with Gasteiger partial charge in [-0.05, 0) is 0 Å². The van der Waals surface area contributed by atoms with Crippen molar-refractivity contribution in [2.24, 2.45) is 0 Å².